The number of nitrogens with one attached hydrogen (secondary N) is 2. The van der Waals surface area contributed by atoms with Crippen LogP contribution in [0.15, 0.2) is 30.3 Å². The predicted octanol–water partition coefficient (Wildman–Crippen LogP) is 2.58. The number of carbonyl (C=O) groups excluding carboxylic acids is 2. The minimum absolute atomic E-state index is 0.00993. The molecule has 1 fully saturated rings. The number of carbonyl (C=O) groups is 2. The van der Waals surface area contributed by atoms with Crippen molar-refractivity contribution in [3.8, 4) is 0 Å². The van der Waals surface area contributed by atoms with Gasteiger partial charge in [0.05, 0.1) is 0 Å². The first-order valence-electron chi connectivity index (χ1n) is 7.50. The van der Waals surface area contributed by atoms with Gasteiger partial charge in [-0.1, -0.05) is 30.3 Å². The second-order valence-corrected chi connectivity index (χ2v) is 5.72. The molecule has 2 N–H and O–H groups in total. The molecule has 1 aliphatic rings. The lowest BCUT2D eigenvalue weighted by atomic mass is 9.91. The molecule has 1 aliphatic carbocycles. The summed E-state index contributed by atoms with van der Waals surface area (Å²) >= 11 is 5.47. The number of alkyl carbamates (subject to hydrolysis) is 1. The predicted molar refractivity (Wildman–Crippen MR) is 84.7 cm³/mol. The largest absolute Gasteiger partial charge is 0.445 e. The molecule has 1 saturated carbocycles. The van der Waals surface area contributed by atoms with Crippen molar-refractivity contribution < 1.29 is 14.3 Å². The average molecular weight is 325 g/mol. The van der Waals surface area contributed by atoms with Crippen LogP contribution in [-0.4, -0.2) is 30.0 Å². The van der Waals surface area contributed by atoms with Crippen molar-refractivity contribution in [1.82, 2.24) is 10.6 Å². The van der Waals surface area contributed by atoms with Crippen LogP contribution in [0.3, 0.4) is 0 Å². The molecule has 0 bridgehead atoms. The molecule has 0 atom stereocenters. The molecular weight excluding hydrogens is 304 g/mol. The van der Waals surface area contributed by atoms with Gasteiger partial charge in [0, 0.05) is 12.1 Å². The molecule has 0 aliphatic heterocycles. The number of rotatable bonds is 5. The molecule has 2 amide bonds. The summed E-state index contributed by atoms with van der Waals surface area (Å²) in [5, 5.41) is 5.75. The first-order valence-corrected chi connectivity index (χ1v) is 8.03. The lowest BCUT2D eigenvalue weighted by Gasteiger charge is -2.29. The molecule has 120 valence electrons. The molecular formula is C16H21ClN2O3. The van der Waals surface area contributed by atoms with E-state index in [1.54, 1.807) is 0 Å². The van der Waals surface area contributed by atoms with Crippen molar-refractivity contribution in [2.75, 3.05) is 5.88 Å². The second kappa shape index (κ2) is 8.63. The van der Waals surface area contributed by atoms with E-state index in [0.717, 1.165) is 31.2 Å². The van der Waals surface area contributed by atoms with E-state index in [9.17, 15) is 9.59 Å². The maximum atomic E-state index is 11.8. The van der Waals surface area contributed by atoms with E-state index in [4.69, 9.17) is 16.3 Å². The fourth-order valence-corrected chi connectivity index (χ4v) is 2.66. The molecule has 6 heteroatoms. The van der Waals surface area contributed by atoms with E-state index in [-0.39, 0.29) is 30.5 Å². The first kappa shape index (κ1) is 16.6. The lowest BCUT2D eigenvalue weighted by Crippen LogP contribution is -2.44. The van der Waals surface area contributed by atoms with Crippen molar-refractivity contribution >= 4 is 23.6 Å². The van der Waals surface area contributed by atoms with E-state index >= 15 is 0 Å². The van der Waals surface area contributed by atoms with Gasteiger partial charge in [0.2, 0.25) is 5.91 Å². The van der Waals surface area contributed by atoms with Gasteiger partial charge >= 0.3 is 6.09 Å². The standard InChI is InChI=1S/C16H21ClN2O3/c17-10-15(20)18-13-6-8-14(9-7-13)19-16(21)22-11-12-4-2-1-3-5-12/h1-5,13-14H,6-11H2,(H,18,20)(H,19,21). The summed E-state index contributed by atoms with van der Waals surface area (Å²) in [6.07, 6.45) is 2.94. The average Bonchev–Trinajstić information content (AvgIpc) is 2.55. The molecule has 1 aromatic carbocycles. The Morgan fingerprint density at radius 1 is 1.05 bits per heavy atom. The zero-order valence-corrected chi connectivity index (χ0v) is 13.1. The quantitative estimate of drug-likeness (QED) is 0.818. The molecule has 2 rings (SSSR count). The van der Waals surface area contributed by atoms with Crippen molar-refractivity contribution in [2.45, 2.75) is 44.4 Å². The van der Waals surface area contributed by atoms with Crippen LogP contribution in [0.25, 0.3) is 0 Å². The van der Waals surface area contributed by atoms with E-state index in [1.807, 2.05) is 30.3 Å². The van der Waals surface area contributed by atoms with Crippen molar-refractivity contribution in [2.24, 2.45) is 0 Å². The minimum atomic E-state index is -0.392. The topological polar surface area (TPSA) is 67.4 Å². The summed E-state index contributed by atoms with van der Waals surface area (Å²) in [7, 11) is 0. The highest BCUT2D eigenvalue weighted by Crippen LogP contribution is 2.18. The minimum Gasteiger partial charge on any atom is -0.445 e. The fourth-order valence-electron chi connectivity index (χ4n) is 2.58. The third kappa shape index (κ3) is 5.56. The molecule has 1 aromatic rings. The molecule has 0 heterocycles. The van der Waals surface area contributed by atoms with Crippen molar-refractivity contribution in [3.05, 3.63) is 35.9 Å². The lowest BCUT2D eigenvalue weighted by molar-refractivity contribution is -0.119. The Bertz CT molecular complexity index is 487. The van der Waals surface area contributed by atoms with Crippen LogP contribution in [0, 0.1) is 0 Å². The van der Waals surface area contributed by atoms with Crippen LogP contribution in [0.1, 0.15) is 31.2 Å². The van der Waals surface area contributed by atoms with Crippen molar-refractivity contribution in [1.29, 1.82) is 0 Å². The van der Waals surface area contributed by atoms with Crippen molar-refractivity contribution in [3.63, 3.8) is 0 Å². The van der Waals surface area contributed by atoms with E-state index < -0.39 is 6.09 Å². The van der Waals surface area contributed by atoms with E-state index in [1.165, 1.54) is 0 Å². The third-order valence-corrected chi connectivity index (χ3v) is 3.99. The normalized spacial score (nSPS) is 21.0. The van der Waals surface area contributed by atoms with E-state index in [0.29, 0.717) is 0 Å². The number of alkyl halides is 1. The van der Waals surface area contributed by atoms with E-state index in [2.05, 4.69) is 10.6 Å². The summed E-state index contributed by atoms with van der Waals surface area (Å²) in [5.41, 5.74) is 0.963. The number of benzene rings is 1. The van der Waals surface area contributed by atoms with Crippen LogP contribution < -0.4 is 10.6 Å². The molecule has 0 spiro atoms. The van der Waals surface area contributed by atoms with Gasteiger partial charge in [0.1, 0.15) is 12.5 Å². The van der Waals surface area contributed by atoms with Gasteiger partial charge in [-0.3, -0.25) is 4.79 Å². The molecule has 0 saturated heterocycles. The van der Waals surface area contributed by atoms with Gasteiger partial charge < -0.3 is 15.4 Å². The number of hydrogen-bond acceptors (Lipinski definition) is 3. The zero-order valence-electron chi connectivity index (χ0n) is 12.4. The van der Waals surface area contributed by atoms with Gasteiger partial charge in [-0.05, 0) is 31.2 Å². The van der Waals surface area contributed by atoms with Crippen LogP contribution in [0.2, 0.25) is 0 Å². The molecule has 0 unspecified atom stereocenters. The summed E-state index contributed by atoms with van der Waals surface area (Å²) in [6.45, 7) is 0.272. The SMILES string of the molecule is O=C(CCl)NC1CCC(NC(=O)OCc2ccccc2)CC1. The summed E-state index contributed by atoms with van der Waals surface area (Å²) < 4.78 is 5.20. The Kier molecular flexibility index (Phi) is 6.52. The smallest absolute Gasteiger partial charge is 0.407 e. The van der Waals surface area contributed by atoms with Gasteiger partial charge in [-0.2, -0.15) is 0 Å². The van der Waals surface area contributed by atoms with Crippen LogP contribution >= 0.6 is 11.6 Å². The Hall–Kier alpha value is -1.75. The van der Waals surface area contributed by atoms with Gasteiger partial charge in [-0.15, -0.1) is 11.6 Å². The maximum Gasteiger partial charge on any atom is 0.407 e. The van der Waals surface area contributed by atoms with Gasteiger partial charge in [0.15, 0.2) is 0 Å². The highest BCUT2D eigenvalue weighted by Gasteiger charge is 2.23. The number of ether oxygens (including phenoxy) is 1. The molecule has 0 radical (unpaired) electrons. The Morgan fingerprint density at radius 3 is 2.23 bits per heavy atom. The Labute approximate surface area is 135 Å². The highest BCUT2D eigenvalue weighted by atomic mass is 35.5. The highest BCUT2D eigenvalue weighted by molar-refractivity contribution is 6.27. The summed E-state index contributed by atoms with van der Waals surface area (Å²) in [6, 6.07) is 9.83. The number of hydrogen-bond donors (Lipinski definition) is 2. The van der Waals surface area contributed by atoms with Gasteiger partial charge in [-0.25, -0.2) is 4.79 Å². The number of amides is 2. The zero-order chi connectivity index (χ0) is 15.8. The first-order chi connectivity index (χ1) is 10.7. The Balaban J connectivity index is 1.65. The molecule has 5 nitrogen and oxygen atoms in total. The van der Waals surface area contributed by atoms with Gasteiger partial charge in [0.25, 0.3) is 0 Å². The van der Waals surface area contributed by atoms with Crippen LogP contribution in [-0.2, 0) is 16.1 Å². The fraction of sp³-hybridized carbons (Fsp3) is 0.500. The number of halogens is 1. The summed E-state index contributed by atoms with van der Waals surface area (Å²) in [4.78, 5) is 23.0. The monoisotopic (exact) mass is 324 g/mol. The summed E-state index contributed by atoms with van der Waals surface area (Å²) in [5.74, 6) is -0.148. The second-order valence-electron chi connectivity index (χ2n) is 5.46. The van der Waals surface area contributed by atoms with Crippen LogP contribution in [0.5, 0.6) is 0 Å². The molecule has 0 aromatic heterocycles. The molecule has 22 heavy (non-hydrogen) atoms. The third-order valence-electron chi connectivity index (χ3n) is 3.75. The maximum absolute atomic E-state index is 11.8. The van der Waals surface area contributed by atoms with Crippen LogP contribution in [0.4, 0.5) is 4.79 Å². The Morgan fingerprint density at radius 2 is 1.64 bits per heavy atom.